The lowest BCUT2D eigenvalue weighted by Crippen LogP contribution is -2.48. The molecule has 0 aromatic heterocycles. The Morgan fingerprint density at radius 2 is 1.70 bits per heavy atom. The summed E-state index contributed by atoms with van der Waals surface area (Å²) in [6.07, 6.45) is -5.14. The summed E-state index contributed by atoms with van der Waals surface area (Å²) in [4.78, 5) is 39.3. The second-order valence-corrected chi connectivity index (χ2v) is 7.42. The fourth-order valence-electron chi connectivity index (χ4n) is 3.05. The molecule has 176 valence electrons. The Morgan fingerprint density at radius 1 is 1.03 bits per heavy atom. The Labute approximate surface area is 192 Å². The lowest BCUT2D eigenvalue weighted by atomic mass is 10.1. The minimum Gasteiger partial charge on any atom is -0.378 e. The molecule has 1 fully saturated rings. The Morgan fingerprint density at radius 3 is 2.30 bits per heavy atom. The van der Waals surface area contributed by atoms with Crippen LogP contribution in [0.3, 0.4) is 0 Å². The third-order valence-electron chi connectivity index (χ3n) is 4.77. The van der Waals surface area contributed by atoms with Crippen molar-refractivity contribution in [3.8, 4) is 0 Å². The van der Waals surface area contributed by atoms with Gasteiger partial charge in [-0.15, -0.1) is 0 Å². The highest BCUT2D eigenvalue weighted by Crippen LogP contribution is 2.24. The molecule has 1 saturated heterocycles. The second kappa shape index (κ2) is 10.5. The molecule has 1 aliphatic rings. The predicted molar refractivity (Wildman–Crippen MR) is 114 cm³/mol. The van der Waals surface area contributed by atoms with E-state index in [9.17, 15) is 27.6 Å². The lowest BCUT2D eigenvalue weighted by Gasteiger charge is -2.33. The zero-order valence-electron chi connectivity index (χ0n) is 17.2. The molecule has 12 heteroatoms. The van der Waals surface area contributed by atoms with Crippen molar-refractivity contribution in [1.82, 2.24) is 15.8 Å². The number of halogens is 4. The molecule has 0 unspecified atom stereocenters. The minimum absolute atomic E-state index is 0.0722. The van der Waals surface area contributed by atoms with Gasteiger partial charge in [0.2, 0.25) is 0 Å². The first-order chi connectivity index (χ1) is 15.7. The van der Waals surface area contributed by atoms with Crippen LogP contribution in [0, 0.1) is 0 Å². The first-order valence-corrected chi connectivity index (χ1v) is 10.2. The molecule has 0 spiro atoms. The average molecular weight is 485 g/mol. The van der Waals surface area contributed by atoms with Gasteiger partial charge in [-0.2, -0.15) is 13.2 Å². The zero-order chi connectivity index (χ0) is 24.0. The van der Waals surface area contributed by atoms with Gasteiger partial charge in [0, 0.05) is 29.4 Å². The Bertz CT molecular complexity index is 1010. The molecule has 2 aromatic rings. The van der Waals surface area contributed by atoms with Crippen molar-refractivity contribution < 1.29 is 32.3 Å². The summed E-state index contributed by atoms with van der Waals surface area (Å²) in [6, 6.07) is 12.8. The van der Waals surface area contributed by atoms with Gasteiger partial charge in [0.1, 0.15) is 0 Å². The fraction of sp³-hybridized carbons (Fsp3) is 0.286. The van der Waals surface area contributed by atoms with Crippen LogP contribution in [0.2, 0.25) is 5.02 Å². The standard InChI is InChI=1S/C21H20ClF3N4O4/c22-17-12-14(18(30)26-27-19(31)21(23,24)25)6-7-15(17)13-29(16-4-2-1-3-5-16)20(32)28-8-10-33-11-9-28/h1-7,12H,8-11,13H2,(H,26,30)(H,27,31). The number of amides is 4. The van der Waals surface area contributed by atoms with Gasteiger partial charge in [0.25, 0.3) is 5.91 Å². The second-order valence-electron chi connectivity index (χ2n) is 7.02. The summed E-state index contributed by atoms with van der Waals surface area (Å²) >= 11 is 6.31. The first-order valence-electron chi connectivity index (χ1n) is 9.82. The number of para-hydroxylation sites is 1. The van der Waals surface area contributed by atoms with E-state index in [0.717, 1.165) is 0 Å². The molecule has 1 aliphatic heterocycles. The van der Waals surface area contributed by atoms with E-state index in [1.54, 1.807) is 34.6 Å². The molecule has 4 amide bonds. The maximum atomic E-state index is 13.2. The first kappa shape index (κ1) is 24.3. The molecular weight excluding hydrogens is 465 g/mol. The van der Waals surface area contributed by atoms with Crippen LogP contribution in [0.4, 0.5) is 23.7 Å². The molecule has 0 bridgehead atoms. The van der Waals surface area contributed by atoms with Gasteiger partial charge in [0.15, 0.2) is 0 Å². The number of hydrazine groups is 1. The van der Waals surface area contributed by atoms with Crippen LogP contribution in [0.1, 0.15) is 15.9 Å². The van der Waals surface area contributed by atoms with Gasteiger partial charge in [-0.3, -0.25) is 25.3 Å². The largest absolute Gasteiger partial charge is 0.472 e. The highest BCUT2D eigenvalue weighted by atomic mass is 35.5. The third kappa shape index (κ3) is 6.36. The number of hydrogen-bond acceptors (Lipinski definition) is 4. The van der Waals surface area contributed by atoms with Crippen molar-refractivity contribution in [2.24, 2.45) is 0 Å². The number of benzene rings is 2. The van der Waals surface area contributed by atoms with Crippen molar-refractivity contribution in [1.29, 1.82) is 0 Å². The molecule has 0 aliphatic carbocycles. The van der Waals surface area contributed by atoms with Crippen LogP contribution in [0.25, 0.3) is 0 Å². The van der Waals surface area contributed by atoms with Crippen LogP contribution in [-0.4, -0.2) is 55.2 Å². The van der Waals surface area contributed by atoms with Crippen molar-refractivity contribution in [3.63, 3.8) is 0 Å². The van der Waals surface area contributed by atoms with Gasteiger partial charge < -0.3 is 9.64 Å². The van der Waals surface area contributed by atoms with E-state index < -0.39 is 18.0 Å². The quantitative estimate of drug-likeness (QED) is 0.652. The molecule has 2 N–H and O–H groups in total. The van der Waals surface area contributed by atoms with E-state index in [1.807, 2.05) is 6.07 Å². The van der Waals surface area contributed by atoms with Crippen LogP contribution < -0.4 is 15.8 Å². The topological polar surface area (TPSA) is 91.0 Å². The third-order valence-corrected chi connectivity index (χ3v) is 5.12. The maximum absolute atomic E-state index is 13.2. The fourth-order valence-corrected chi connectivity index (χ4v) is 3.29. The smallest absolute Gasteiger partial charge is 0.378 e. The Balaban J connectivity index is 1.76. The lowest BCUT2D eigenvalue weighted by molar-refractivity contribution is -0.174. The molecule has 33 heavy (non-hydrogen) atoms. The van der Waals surface area contributed by atoms with Crippen LogP contribution in [-0.2, 0) is 16.1 Å². The maximum Gasteiger partial charge on any atom is 0.472 e. The summed E-state index contributed by atoms with van der Waals surface area (Å²) in [5.41, 5.74) is 4.04. The SMILES string of the molecule is O=C(NNC(=O)C(F)(F)F)c1ccc(CN(C(=O)N2CCOCC2)c2ccccc2)c(Cl)c1. The van der Waals surface area contributed by atoms with Crippen LogP contribution in [0.15, 0.2) is 48.5 Å². The van der Waals surface area contributed by atoms with Crippen molar-refractivity contribution in [2.75, 3.05) is 31.2 Å². The summed E-state index contributed by atoms with van der Waals surface area (Å²) in [6.45, 7) is 1.84. The van der Waals surface area contributed by atoms with Crippen LogP contribution in [0.5, 0.6) is 0 Å². The summed E-state index contributed by atoms with van der Waals surface area (Å²) in [5, 5.41) is 0.125. The normalized spacial score (nSPS) is 13.9. The summed E-state index contributed by atoms with van der Waals surface area (Å²) < 4.78 is 42.1. The summed E-state index contributed by atoms with van der Waals surface area (Å²) in [5.74, 6) is -3.29. The number of carbonyl (C=O) groups excluding carboxylic acids is 3. The van der Waals surface area contributed by atoms with Crippen molar-refractivity contribution in [2.45, 2.75) is 12.7 Å². The number of rotatable bonds is 4. The monoisotopic (exact) mass is 484 g/mol. The molecule has 3 rings (SSSR count). The number of ether oxygens (including phenoxy) is 1. The van der Waals surface area contributed by atoms with Gasteiger partial charge in [0.05, 0.1) is 19.8 Å². The number of alkyl halides is 3. The van der Waals surface area contributed by atoms with Gasteiger partial charge in [-0.25, -0.2) is 4.79 Å². The van der Waals surface area contributed by atoms with Gasteiger partial charge in [-0.1, -0.05) is 35.9 Å². The number of nitrogens with one attached hydrogen (secondary N) is 2. The Kier molecular flexibility index (Phi) is 7.77. The van der Waals surface area contributed by atoms with E-state index in [1.165, 1.54) is 28.5 Å². The highest BCUT2D eigenvalue weighted by Gasteiger charge is 2.39. The number of anilines is 1. The molecular formula is C21H20ClF3N4O4. The van der Waals surface area contributed by atoms with Crippen LogP contribution >= 0.6 is 11.6 Å². The number of urea groups is 1. The van der Waals surface area contributed by atoms with E-state index in [4.69, 9.17) is 16.3 Å². The molecule has 8 nitrogen and oxygen atoms in total. The highest BCUT2D eigenvalue weighted by molar-refractivity contribution is 6.31. The number of carbonyl (C=O) groups is 3. The van der Waals surface area contributed by atoms with Gasteiger partial charge >= 0.3 is 18.1 Å². The zero-order valence-corrected chi connectivity index (χ0v) is 17.9. The van der Waals surface area contributed by atoms with Gasteiger partial charge in [-0.05, 0) is 29.8 Å². The summed E-state index contributed by atoms with van der Waals surface area (Å²) in [7, 11) is 0. The van der Waals surface area contributed by atoms with Crippen molar-refractivity contribution in [3.05, 3.63) is 64.7 Å². The Hall–Kier alpha value is -3.31. The molecule has 0 atom stereocenters. The molecule has 1 heterocycles. The van der Waals surface area contributed by atoms with E-state index in [0.29, 0.717) is 37.6 Å². The number of nitrogens with zero attached hydrogens (tertiary/aromatic N) is 2. The van der Waals surface area contributed by atoms with E-state index in [2.05, 4.69) is 0 Å². The molecule has 0 radical (unpaired) electrons. The molecule has 2 aromatic carbocycles. The minimum atomic E-state index is -5.14. The number of morpholine rings is 1. The molecule has 0 saturated carbocycles. The number of hydrogen-bond donors (Lipinski definition) is 2. The van der Waals surface area contributed by atoms with E-state index in [-0.39, 0.29) is 23.2 Å². The van der Waals surface area contributed by atoms with Crippen molar-refractivity contribution >= 4 is 35.1 Å². The average Bonchev–Trinajstić information content (AvgIpc) is 2.81. The predicted octanol–water partition coefficient (Wildman–Crippen LogP) is 3.12. The van der Waals surface area contributed by atoms with E-state index >= 15 is 0 Å².